The number of aliphatic hydroxyl groups excluding tert-OH is 1. The standard InChI is InChI=1S/C16H13ClO2S/c17-12-4-6-13(7-5-12)19-10-15(18)14-3-1-2-11-8-9-20-16(11)14/h1-9,15,18H,10H2. The monoisotopic (exact) mass is 304 g/mol. The summed E-state index contributed by atoms with van der Waals surface area (Å²) in [5.41, 5.74) is 0.909. The van der Waals surface area contributed by atoms with Crippen molar-refractivity contribution in [1.29, 1.82) is 0 Å². The lowest BCUT2D eigenvalue weighted by molar-refractivity contribution is 0.109. The Morgan fingerprint density at radius 1 is 1.10 bits per heavy atom. The van der Waals surface area contributed by atoms with Gasteiger partial charge in [0, 0.05) is 15.3 Å². The SMILES string of the molecule is OC(COc1ccc(Cl)cc1)c1cccc2ccsc12. The van der Waals surface area contributed by atoms with Crippen LogP contribution in [0.25, 0.3) is 10.1 Å². The highest BCUT2D eigenvalue weighted by Crippen LogP contribution is 2.29. The van der Waals surface area contributed by atoms with Crippen molar-refractivity contribution in [3.05, 3.63) is 64.5 Å². The number of hydrogen-bond acceptors (Lipinski definition) is 3. The molecule has 0 aliphatic heterocycles. The highest BCUT2D eigenvalue weighted by atomic mass is 35.5. The normalized spacial score (nSPS) is 12.5. The van der Waals surface area contributed by atoms with E-state index in [9.17, 15) is 5.11 Å². The summed E-state index contributed by atoms with van der Waals surface area (Å²) in [5, 5.41) is 14.2. The fraction of sp³-hybridized carbons (Fsp3) is 0.125. The summed E-state index contributed by atoms with van der Waals surface area (Å²) in [6, 6.07) is 15.1. The van der Waals surface area contributed by atoms with Gasteiger partial charge >= 0.3 is 0 Å². The third-order valence-electron chi connectivity index (χ3n) is 3.09. The molecule has 0 amide bonds. The molecule has 1 atom stereocenters. The zero-order chi connectivity index (χ0) is 13.9. The first kappa shape index (κ1) is 13.4. The predicted molar refractivity (Wildman–Crippen MR) is 83.7 cm³/mol. The molecule has 1 N–H and O–H groups in total. The van der Waals surface area contributed by atoms with E-state index in [1.807, 2.05) is 23.6 Å². The third kappa shape index (κ3) is 2.80. The van der Waals surface area contributed by atoms with Gasteiger partial charge in [-0.25, -0.2) is 0 Å². The fourth-order valence-electron chi connectivity index (χ4n) is 2.07. The molecule has 1 unspecified atom stereocenters. The van der Waals surface area contributed by atoms with Gasteiger partial charge in [0.05, 0.1) is 0 Å². The van der Waals surface area contributed by atoms with Crippen molar-refractivity contribution in [2.24, 2.45) is 0 Å². The van der Waals surface area contributed by atoms with Crippen LogP contribution in [0.5, 0.6) is 5.75 Å². The van der Waals surface area contributed by atoms with E-state index in [1.165, 1.54) is 0 Å². The maximum absolute atomic E-state index is 10.3. The molecule has 0 saturated heterocycles. The highest BCUT2D eigenvalue weighted by Gasteiger charge is 2.12. The van der Waals surface area contributed by atoms with Crippen LogP contribution in [0.15, 0.2) is 53.9 Å². The second kappa shape index (κ2) is 5.83. The van der Waals surface area contributed by atoms with Crippen LogP contribution in [0.4, 0.5) is 0 Å². The number of benzene rings is 2. The van der Waals surface area contributed by atoms with E-state index in [-0.39, 0.29) is 6.61 Å². The van der Waals surface area contributed by atoms with E-state index < -0.39 is 6.10 Å². The van der Waals surface area contributed by atoms with E-state index in [1.54, 1.807) is 35.6 Å². The van der Waals surface area contributed by atoms with Gasteiger partial charge in [-0.05, 0) is 41.1 Å². The summed E-state index contributed by atoms with van der Waals surface area (Å²) in [6.45, 7) is 0.221. The third-order valence-corrected chi connectivity index (χ3v) is 4.32. The summed E-state index contributed by atoms with van der Waals surface area (Å²) >= 11 is 7.45. The van der Waals surface area contributed by atoms with Gasteiger partial charge < -0.3 is 9.84 Å². The van der Waals surface area contributed by atoms with Crippen molar-refractivity contribution in [3.63, 3.8) is 0 Å². The molecule has 0 aliphatic carbocycles. The van der Waals surface area contributed by atoms with Crippen LogP contribution in [-0.4, -0.2) is 11.7 Å². The first-order valence-electron chi connectivity index (χ1n) is 6.26. The molecule has 0 spiro atoms. The molecule has 2 aromatic carbocycles. The van der Waals surface area contributed by atoms with Gasteiger partial charge in [0.1, 0.15) is 18.5 Å². The molecule has 1 aromatic heterocycles. The topological polar surface area (TPSA) is 29.5 Å². The Kier molecular flexibility index (Phi) is 3.92. The number of rotatable bonds is 4. The van der Waals surface area contributed by atoms with Crippen LogP contribution in [0.2, 0.25) is 5.02 Å². The van der Waals surface area contributed by atoms with Crippen molar-refractivity contribution < 1.29 is 9.84 Å². The molecule has 4 heteroatoms. The molecule has 3 rings (SSSR count). The molecule has 0 aliphatic rings. The molecule has 1 heterocycles. The lowest BCUT2D eigenvalue weighted by atomic mass is 10.1. The number of fused-ring (bicyclic) bond motifs is 1. The maximum Gasteiger partial charge on any atom is 0.119 e. The van der Waals surface area contributed by atoms with Crippen molar-refractivity contribution in [3.8, 4) is 5.75 Å². The highest BCUT2D eigenvalue weighted by molar-refractivity contribution is 7.17. The van der Waals surface area contributed by atoms with Gasteiger partial charge in [0.25, 0.3) is 0 Å². The molecule has 102 valence electrons. The van der Waals surface area contributed by atoms with E-state index >= 15 is 0 Å². The molecule has 0 saturated carbocycles. The second-order valence-corrected chi connectivity index (χ2v) is 5.82. The first-order valence-corrected chi connectivity index (χ1v) is 7.52. The van der Waals surface area contributed by atoms with Crippen LogP contribution in [0, 0.1) is 0 Å². The fourth-order valence-corrected chi connectivity index (χ4v) is 3.16. The van der Waals surface area contributed by atoms with Crippen LogP contribution in [-0.2, 0) is 0 Å². The van der Waals surface area contributed by atoms with Crippen molar-refractivity contribution >= 4 is 33.0 Å². The average Bonchev–Trinajstić information content (AvgIpc) is 2.94. The Morgan fingerprint density at radius 3 is 2.70 bits per heavy atom. The van der Waals surface area contributed by atoms with Gasteiger partial charge in [-0.3, -0.25) is 0 Å². The number of thiophene rings is 1. The maximum atomic E-state index is 10.3. The molecule has 3 aromatic rings. The van der Waals surface area contributed by atoms with E-state index in [0.29, 0.717) is 10.8 Å². The Balaban J connectivity index is 1.74. The van der Waals surface area contributed by atoms with Gasteiger partial charge in [0.15, 0.2) is 0 Å². The molecular weight excluding hydrogens is 292 g/mol. The molecule has 0 fully saturated rings. The van der Waals surface area contributed by atoms with Crippen molar-refractivity contribution in [1.82, 2.24) is 0 Å². The Hall–Kier alpha value is -1.55. The smallest absolute Gasteiger partial charge is 0.119 e. The number of hydrogen-bond donors (Lipinski definition) is 1. The van der Waals surface area contributed by atoms with Crippen molar-refractivity contribution in [2.45, 2.75) is 6.10 Å². The van der Waals surface area contributed by atoms with Crippen LogP contribution >= 0.6 is 22.9 Å². The number of halogens is 1. The minimum atomic E-state index is -0.645. The summed E-state index contributed by atoms with van der Waals surface area (Å²) in [7, 11) is 0. The van der Waals surface area contributed by atoms with Crippen LogP contribution in [0.1, 0.15) is 11.7 Å². The second-order valence-electron chi connectivity index (χ2n) is 4.47. The number of aliphatic hydroxyl groups is 1. The quantitative estimate of drug-likeness (QED) is 0.759. The van der Waals surface area contributed by atoms with Gasteiger partial charge in [-0.1, -0.05) is 29.8 Å². The Labute approximate surface area is 126 Å². The Morgan fingerprint density at radius 2 is 1.90 bits per heavy atom. The minimum absolute atomic E-state index is 0.221. The predicted octanol–water partition coefficient (Wildman–Crippen LogP) is 4.67. The minimum Gasteiger partial charge on any atom is -0.491 e. The molecule has 2 nitrogen and oxygen atoms in total. The lowest BCUT2D eigenvalue weighted by Crippen LogP contribution is -2.09. The average molecular weight is 305 g/mol. The summed E-state index contributed by atoms with van der Waals surface area (Å²) < 4.78 is 6.71. The number of ether oxygens (including phenoxy) is 1. The van der Waals surface area contributed by atoms with Crippen molar-refractivity contribution in [2.75, 3.05) is 6.61 Å². The van der Waals surface area contributed by atoms with E-state index in [2.05, 4.69) is 6.07 Å². The van der Waals surface area contributed by atoms with E-state index in [0.717, 1.165) is 15.6 Å². The van der Waals surface area contributed by atoms with Crippen LogP contribution in [0.3, 0.4) is 0 Å². The Bertz CT molecular complexity index is 706. The summed E-state index contributed by atoms with van der Waals surface area (Å²) in [5.74, 6) is 0.701. The largest absolute Gasteiger partial charge is 0.491 e. The zero-order valence-electron chi connectivity index (χ0n) is 10.6. The summed E-state index contributed by atoms with van der Waals surface area (Å²) in [4.78, 5) is 0. The molecule has 0 bridgehead atoms. The summed E-state index contributed by atoms with van der Waals surface area (Å²) in [6.07, 6.45) is -0.645. The zero-order valence-corrected chi connectivity index (χ0v) is 12.2. The van der Waals surface area contributed by atoms with Crippen LogP contribution < -0.4 is 4.74 Å². The van der Waals surface area contributed by atoms with Gasteiger partial charge in [0.2, 0.25) is 0 Å². The molecular formula is C16H13ClO2S. The molecule has 0 radical (unpaired) electrons. The van der Waals surface area contributed by atoms with E-state index in [4.69, 9.17) is 16.3 Å². The lowest BCUT2D eigenvalue weighted by Gasteiger charge is -2.13. The van der Waals surface area contributed by atoms with Gasteiger partial charge in [-0.15, -0.1) is 11.3 Å². The molecule has 20 heavy (non-hydrogen) atoms. The first-order chi connectivity index (χ1) is 9.74. The van der Waals surface area contributed by atoms with Gasteiger partial charge in [-0.2, -0.15) is 0 Å².